The molecule has 3 heteroatoms. The molecule has 0 fully saturated rings. The van der Waals surface area contributed by atoms with Crippen LogP contribution in [-0.2, 0) is 13.5 Å². The van der Waals surface area contributed by atoms with Gasteiger partial charge in [0.1, 0.15) is 0 Å². The molecule has 0 aliphatic rings. The number of nitrogens with two attached hydrogens (primary N) is 1. The third kappa shape index (κ3) is 3.67. The van der Waals surface area contributed by atoms with Gasteiger partial charge in [-0.3, -0.25) is 4.68 Å². The molecule has 1 aromatic rings. The predicted octanol–water partition coefficient (Wildman–Crippen LogP) is 2.03. The lowest BCUT2D eigenvalue weighted by Crippen LogP contribution is -2.26. The molecule has 1 aromatic heterocycles. The quantitative estimate of drug-likeness (QED) is 0.806. The summed E-state index contributed by atoms with van der Waals surface area (Å²) in [7, 11) is 2.00. The van der Waals surface area contributed by atoms with Gasteiger partial charge < -0.3 is 5.73 Å². The van der Waals surface area contributed by atoms with Crippen molar-refractivity contribution in [1.82, 2.24) is 9.78 Å². The second-order valence-corrected chi connectivity index (χ2v) is 4.70. The second kappa shape index (κ2) is 5.31. The first-order valence-corrected chi connectivity index (χ1v) is 5.75. The highest BCUT2D eigenvalue weighted by Gasteiger charge is 2.08. The maximum absolute atomic E-state index is 6.00. The summed E-state index contributed by atoms with van der Waals surface area (Å²) < 4.78 is 1.97. The molecule has 0 aliphatic heterocycles. The molecule has 0 aromatic carbocycles. The molecule has 86 valence electrons. The Morgan fingerprint density at radius 2 is 2.13 bits per heavy atom. The molecule has 1 atom stereocenters. The molecule has 2 N–H and O–H groups in total. The summed E-state index contributed by atoms with van der Waals surface area (Å²) in [5.41, 5.74) is 8.41. The van der Waals surface area contributed by atoms with E-state index in [-0.39, 0.29) is 0 Å². The maximum atomic E-state index is 6.00. The maximum Gasteiger partial charge on any atom is 0.0596 e. The Morgan fingerprint density at radius 1 is 1.47 bits per heavy atom. The molecule has 1 heterocycles. The van der Waals surface area contributed by atoms with Gasteiger partial charge in [-0.25, -0.2) is 0 Å². The fourth-order valence-corrected chi connectivity index (χ4v) is 1.75. The highest BCUT2D eigenvalue weighted by atomic mass is 15.3. The molecule has 15 heavy (non-hydrogen) atoms. The molecule has 0 amide bonds. The zero-order chi connectivity index (χ0) is 11.4. The second-order valence-electron chi connectivity index (χ2n) is 4.70. The van der Waals surface area contributed by atoms with Crippen LogP contribution in [0.2, 0.25) is 0 Å². The SMILES string of the molecule is Cc1cc(CCCC(N)C(C)C)n(C)n1. The van der Waals surface area contributed by atoms with Crippen LogP contribution in [0.4, 0.5) is 0 Å². The minimum Gasteiger partial charge on any atom is -0.327 e. The van der Waals surface area contributed by atoms with E-state index in [4.69, 9.17) is 5.73 Å². The Bertz CT molecular complexity index is 302. The Morgan fingerprint density at radius 3 is 2.60 bits per heavy atom. The van der Waals surface area contributed by atoms with Crippen LogP contribution in [0, 0.1) is 12.8 Å². The van der Waals surface area contributed by atoms with Crippen LogP contribution in [-0.4, -0.2) is 15.8 Å². The van der Waals surface area contributed by atoms with E-state index >= 15 is 0 Å². The van der Waals surface area contributed by atoms with E-state index in [1.807, 2.05) is 18.7 Å². The molecule has 0 radical (unpaired) electrons. The molecule has 0 spiro atoms. The van der Waals surface area contributed by atoms with Gasteiger partial charge in [0.2, 0.25) is 0 Å². The average Bonchev–Trinajstić information content (AvgIpc) is 2.45. The van der Waals surface area contributed by atoms with Gasteiger partial charge in [0.05, 0.1) is 5.69 Å². The first kappa shape index (κ1) is 12.2. The Labute approximate surface area is 92.7 Å². The average molecular weight is 209 g/mol. The van der Waals surface area contributed by atoms with E-state index in [0.29, 0.717) is 12.0 Å². The fourth-order valence-electron chi connectivity index (χ4n) is 1.75. The van der Waals surface area contributed by atoms with E-state index in [1.54, 1.807) is 0 Å². The zero-order valence-electron chi connectivity index (χ0n) is 10.3. The molecule has 1 rings (SSSR count). The molecular formula is C12H23N3. The third-order valence-electron chi connectivity index (χ3n) is 2.93. The van der Waals surface area contributed by atoms with Crippen LogP contribution < -0.4 is 5.73 Å². The number of aryl methyl sites for hydroxylation is 3. The smallest absolute Gasteiger partial charge is 0.0596 e. The van der Waals surface area contributed by atoms with Crippen LogP contribution in [0.1, 0.15) is 38.1 Å². The van der Waals surface area contributed by atoms with Gasteiger partial charge >= 0.3 is 0 Å². The first-order valence-electron chi connectivity index (χ1n) is 5.75. The van der Waals surface area contributed by atoms with Crippen molar-refractivity contribution in [1.29, 1.82) is 0 Å². The van der Waals surface area contributed by atoms with E-state index in [0.717, 1.165) is 25.0 Å². The van der Waals surface area contributed by atoms with Gasteiger partial charge in [0, 0.05) is 18.8 Å². The van der Waals surface area contributed by atoms with Crippen LogP contribution >= 0.6 is 0 Å². The standard InChI is InChI=1S/C12H23N3/c1-9(2)12(13)7-5-6-11-8-10(3)14-15(11)4/h8-9,12H,5-7,13H2,1-4H3. The van der Waals surface area contributed by atoms with E-state index < -0.39 is 0 Å². The van der Waals surface area contributed by atoms with Gasteiger partial charge in [-0.15, -0.1) is 0 Å². The Kier molecular flexibility index (Phi) is 4.33. The Hall–Kier alpha value is -0.830. The fraction of sp³-hybridized carbons (Fsp3) is 0.750. The summed E-state index contributed by atoms with van der Waals surface area (Å²) in [6, 6.07) is 2.49. The van der Waals surface area contributed by atoms with E-state index in [1.165, 1.54) is 5.69 Å². The van der Waals surface area contributed by atoms with Gasteiger partial charge in [0.25, 0.3) is 0 Å². The summed E-state index contributed by atoms with van der Waals surface area (Å²) in [5.74, 6) is 0.582. The summed E-state index contributed by atoms with van der Waals surface area (Å²) in [6.45, 7) is 6.39. The van der Waals surface area contributed by atoms with Crippen LogP contribution in [0.25, 0.3) is 0 Å². The van der Waals surface area contributed by atoms with E-state index in [2.05, 4.69) is 25.0 Å². The molecule has 1 unspecified atom stereocenters. The van der Waals surface area contributed by atoms with Crippen molar-refractivity contribution in [2.45, 2.75) is 46.1 Å². The van der Waals surface area contributed by atoms with Gasteiger partial charge in [-0.2, -0.15) is 5.10 Å². The molecular weight excluding hydrogens is 186 g/mol. The highest BCUT2D eigenvalue weighted by Crippen LogP contribution is 2.10. The van der Waals surface area contributed by atoms with Crippen molar-refractivity contribution in [3.8, 4) is 0 Å². The van der Waals surface area contributed by atoms with Gasteiger partial charge in [0.15, 0.2) is 0 Å². The first-order chi connectivity index (χ1) is 7.00. The van der Waals surface area contributed by atoms with Crippen molar-refractivity contribution in [2.75, 3.05) is 0 Å². The molecule has 0 saturated carbocycles. The summed E-state index contributed by atoms with van der Waals surface area (Å²) >= 11 is 0. The summed E-state index contributed by atoms with van der Waals surface area (Å²) in [4.78, 5) is 0. The van der Waals surface area contributed by atoms with Crippen LogP contribution in [0.5, 0.6) is 0 Å². The van der Waals surface area contributed by atoms with Gasteiger partial charge in [-0.05, 0) is 38.2 Å². The van der Waals surface area contributed by atoms with Crippen molar-refractivity contribution < 1.29 is 0 Å². The molecule has 0 saturated heterocycles. The van der Waals surface area contributed by atoms with E-state index in [9.17, 15) is 0 Å². The van der Waals surface area contributed by atoms with Crippen molar-refractivity contribution in [3.63, 3.8) is 0 Å². The molecule has 0 bridgehead atoms. The lowest BCUT2D eigenvalue weighted by Gasteiger charge is -2.14. The summed E-state index contributed by atoms with van der Waals surface area (Å²) in [6.07, 6.45) is 3.33. The van der Waals surface area contributed by atoms with Crippen molar-refractivity contribution in [3.05, 3.63) is 17.5 Å². The van der Waals surface area contributed by atoms with Gasteiger partial charge in [-0.1, -0.05) is 13.8 Å². The van der Waals surface area contributed by atoms with Crippen molar-refractivity contribution in [2.24, 2.45) is 18.7 Å². The topological polar surface area (TPSA) is 43.8 Å². The number of rotatable bonds is 5. The normalized spacial score (nSPS) is 13.5. The lowest BCUT2D eigenvalue weighted by molar-refractivity contribution is 0.449. The third-order valence-corrected chi connectivity index (χ3v) is 2.93. The largest absolute Gasteiger partial charge is 0.327 e. The minimum absolute atomic E-state index is 0.333. The minimum atomic E-state index is 0.333. The molecule has 3 nitrogen and oxygen atoms in total. The zero-order valence-corrected chi connectivity index (χ0v) is 10.3. The molecule has 0 aliphatic carbocycles. The monoisotopic (exact) mass is 209 g/mol. The number of aromatic nitrogens is 2. The highest BCUT2D eigenvalue weighted by molar-refractivity contribution is 5.08. The van der Waals surface area contributed by atoms with Crippen LogP contribution in [0.15, 0.2) is 6.07 Å². The number of hydrogen-bond acceptors (Lipinski definition) is 2. The summed E-state index contributed by atoms with van der Waals surface area (Å²) in [5, 5.41) is 4.33. The van der Waals surface area contributed by atoms with Crippen LogP contribution in [0.3, 0.4) is 0 Å². The predicted molar refractivity (Wildman–Crippen MR) is 63.7 cm³/mol. The lowest BCUT2D eigenvalue weighted by atomic mass is 9.99. The Balaban J connectivity index is 2.35. The number of hydrogen-bond donors (Lipinski definition) is 1. The number of nitrogens with zero attached hydrogens (tertiary/aromatic N) is 2. The van der Waals surface area contributed by atoms with Crippen molar-refractivity contribution >= 4 is 0 Å².